The number of ether oxygens (including phenoxy) is 3. The number of rotatable bonds is 56. The first-order valence-corrected chi connectivity index (χ1v) is 30.8. The molecule has 0 saturated heterocycles. The summed E-state index contributed by atoms with van der Waals surface area (Å²) < 4.78 is 16.8. The Balaban J connectivity index is 4.34. The minimum absolute atomic E-state index is 0.102. The van der Waals surface area contributed by atoms with Crippen molar-refractivity contribution < 1.29 is 28.6 Å². The van der Waals surface area contributed by atoms with Crippen LogP contribution in [0.4, 0.5) is 0 Å². The summed E-state index contributed by atoms with van der Waals surface area (Å²) in [5, 5.41) is 0. The van der Waals surface area contributed by atoms with Crippen LogP contribution in [0.5, 0.6) is 0 Å². The molecule has 1 unspecified atom stereocenters. The van der Waals surface area contributed by atoms with Gasteiger partial charge in [0.2, 0.25) is 0 Å². The molecule has 0 heterocycles. The van der Waals surface area contributed by atoms with E-state index in [1.54, 1.807) is 6.08 Å². The highest BCUT2D eigenvalue weighted by Gasteiger charge is 2.19. The Kier molecular flexibility index (Phi) is 57.2. The third-order valence-electron chi connectivity index (χ3n) is 13.6. The van der Waals surface area contributed by atoms with Crippen LogP contribution in [0.2, 0.25) is 0 Å². The molecule has 412 valence electrons. The van der Waals surface area contributed by atoms with E-state index in [0.29, 0.717) is 12.8 Å². The lowest BCUT2D eigenvalue weighted by Crippen LogP contribution is -2.30. The summed E-state index contributed by atoms with van der Waals surface area (Å²) in [4.78, 5) is 38.1. The van der Waals surface area contributed by atoms with E-state index < -0.39 is 12.1 Å². The van der Waals surface area contributed by atoms with Gasteiger partial charge in [0.15, 0.2) is 6.10 Å². The molecule has 0 aromatic heterocycles. The van der Waals surface area contributed by atoms with E-state index in [-0.39, 0.29) is 31.6 Å². The summed E-state index contributed by atoms with van der Waals surface area (Å²) in [7, 11) is 0. The highest BCUT2D eigenvalue weighted by molar-refractivity contribution is 5.72. The highest BCUT2D eigenvalue weighted by atomic mass is 16.6. The smallest absolute Gasteiger partial charge is 0.310 e. The van der Waals surface area contributed by atoms with E-state index in [0.717, 1.165) is 70.6 Å². The van der Waals surface area contributed by atoms with Crippen LogP contribution in [-0.2, 0) is 28.6 Å². The largest absolute Gasteiger partial charge is 0.462 e. The molecule has 0 rings (SSSR count). The molecule has 0 aromatic rings. The number of carbonyl (C=O) groups excluding carboxylic acids is 3. The van der Waals surface area contributed by atoms with Crippen molar-refractivity contribution in [3.05, 3.63) is 60.8 Å². The molecule has 0 fully saturated rings. The van der Waals surface area contributed by atoms with Gasteiger partial charge in [0.25, 0.3) is 0 Å². The first-order chi connectivity index (χ1) is 35.0. The maximum absolute atomic E-state index is 12.8. The lowest BCUT2D eigenvalue weighted by molar-refractivity contribution is -0.166. The zero-order valence-corrected chi connectivity index (χ0v) is 47.2. The second-order valence-corrected chi connectivity index (χ2v) is 20.6. The standard InChI is InChI=1S/C65H116O6/c1-4-7-10-13-16-19-22-25-28-29-30-31-32-33-34-35-38-40-43-46-49-52-55-58-64(67)70-61-62(71-65(68)59-56-53-50-47-44-41-37-27-24-21-18-15-12-9-6-3)60-69-63(66)57-54-51-48-45-42-39-36-26-23-20-17-14-11-8-5-2/h9,12,18,21,27,37,44,47,53,56,62H,4-8,10-11,13-17,19-20,22-26,28-36,38-43,45-46,48-52,54-55,57-61H2,1-3H3/b12-9-,21-18-,37-27-,47-44-,56-53-. The van der Waals surface area contributed by atoms with Crippen molar-refractivity contribution in [3.63, 3.8) is 0 Å². The molecule has 6 heteroatoms. The Morgan fingerprint density at radius 1 is 0.296 bits per heavy atom. The predicted octanol–water partition coefficient (Wildman–Crippen LogP) is 20.8. The van der Waals surface area contributed by atoms with Crippen molar-refractivity contribution in [2.45, 2.75) is 322 Å². The summed E-state index contributed by atoms with van der Waals surface area (Å²) >= 11 is 0. The Morgan fingerprint density at radius 3 is 0.803 bits per heavy atom. The molecule has 0 aliphatic rings. The van der Waals surface area contributed by atoms with Gasteiger partial charge >= 0.3 is 17.9 Å². The normalized spacial score (nSPS) is 12.4. The van der Waals surface area contributed by atoms with Crippen molar-refractivity contribution in [1.82, 2.24) is 0 Å². The summed E-state index contributed by atoms with van der Waals surface area (Å²) in [6.07, 6.45) is 75.4. The highest BCUT2D eigenvalue weighted by Crippen LogP contribution is 2.17. The van der Waals surface area contributed by atoms with Gasteiger partial charge in [0.1, 0.15) is 13.2 Å². The molecule has 0 amide bonds. The Hall–Kier alpha value is -2.89. The van der Waals surface area contributed by atoms with Gasteiger partial charge < -0.3 is 14.2 Å². The SMILES string of the molecule is CC/C=C\C/C=C\C/C=C\C/C=C\C/C=C\CC(=O)OC(COC(=O)CCCCCCCCCCCCCCCCC)COC(=O)CCCCCCCCCCCCCCCCCCCCCCCCC. The Morgan fingerprint density at radius 2 is 0.535 bits per heavy atom. The monoisotopic (exact) mass is 993 g/mol. The molecule has 0 aliphatic carbocycles. The number of allylic oxidation sites excluding steroid dienone is 9. The molecule has 1 atom stereocenters. The molecule has 0 spiro atoms. The first-order valence-electron chi connectivity index (χ1n) is 30.8. The second kappa shape index (κ2) is 59.7. The second-order valence-electron chi connectivity index (χ2n) is 20.6. The van der Waals surface area contributed by atoms with E-state index in [2.05, 4.69) is 69.4 Å². The fourth-order valence-corrected chi connectivity index (χ4v) is 8.99. The summed E-state index contributed by atoms with van der Waals surface area (Å²) in [6.45, 7) is 6.49. The maximum Gasteiger partial charge on any atom is 0.310 e. The quantitative estimate of drug-likeness (QED) is 0.0261. The molecule has 0 saturated carbocycles. The van der Waals surface area contributed by atoms with Crippen LogP contribution in [0.1, 0.15) is 316 Å². The minimum atomic E-state index is -0.825. The van der Waals surface area contributed by atoms with Crippen LogP contribution < -0.4 is 0 Å². The van der Waals surface area contributed by atoms with Crippen LogP contribution in [0.25, 0.3) is 0 Å². The lowest BCUT2D eigenvalue weighted by atomic mass is 10.0. The molecular formula is C65H116O6. The van der Waals surface area contributed by atoms with Gasteiger partial charge in [0, 0.05) is 12.8 Å². The van der Waals surface area contributed by atoms with Gasteiger partial charge in [-0.25, -0.2) is 0 Å². The average Bonchev–Trinajstić information content (AvgIpc) is 3.37. The zero-order valence-electron chi connectivity index (χ0n) is 47.2. The van der Waals surface area contributed by atoms with E-state index in [1.807, 2.05) is 6.08 Å². The van der Waals surface area contributed by atoms with Crippen LogP contribution in [0.3, 0.4) is 0 Å². The van der Waals surface area contributed by atoms with Gasteiger partial charge in [-0.05, 0) is 44.9 Å². The molecule has 71 heavy (non-hydrogen) atoms. The third-order valence-corrected chi connectivity index (χ3v) is 13.6. The molecule has 6 nitrogen and oxygen atoms in total. The van der Waals surface area contributed by atoms with Gasteiger partial charge in [-0.3, -0.25) is 14.4 Å². The van der Waals surface area contributed by atoms with Crippen molar-refractivity contribution in [2.75, 3.05) is 13.2 Å². The molecule has 0 aliphatic heterocycles. The minimum Gasteiger partial charge on any atom is -0.462 e. The summed E-state index contributed by atoms with van der Waals surface area (Å²) in [5.74, 6) is -1.02. The number of esters is 3. The Labute approximate surface area is 440 Å². The van der Waals surface area contributed by atoms with Crippen LogP contribution in [0, 0.1) is 0 Å². The van der Waals surface area contributed by atoms with Gasteiger partial charge in [-0.2, -0.15) is 0 Å². The van der Waals surface area contributed by atoms with Gasteiger partial charge in [-0.1, -0.05) is 313 Å². The maximum atomic E-state index is 12.8. The summed E-state index contributed by atoms with van der Waals surface area (Å²) in [5.41, 5.74) is 0. The Bertz CT molecular complexity index is 1280. The van der Waals surface area contributed by atoms with Crippen molar-refractivity contribution in [2.24, 2.45) is 0 Å². The van der Waals surface area contributed by atoms with Gasteiger partial charge in [0.05, 0.1) is 6.42 Å². The van der Waals surface area contributed by atoms with Crippen LogP contribution in [0.15, 0.2) is 60.8 Å². The number of hydrogen-bond acceptors (Lipinski definition) is 6. The van der Waals surface area contributed by atoms with Crippen molar-refractivity contribution >= 4 is 17.9 Å². The van der Waals surface area contributed by atoms with Crippen molar-refractivity contribution in [3.8, 4) is 0 Å². The van der Waals surface area contributed by atoms with Crippen LogP contribution in [-0.4, -0.2) is 37.2 Å². The molecule has 0 N–H and O–H groups in total. The van der Waals surface area contributed by atoms with Gasteiger partial charge in [-0.15, -0.1) is 0 Å². The van der Waals surface area contributed by atoms with E-state index in [1.165, 1.54) is 205 Å². The zero-order chi connectivity index (χ0) is 51.4. The fourth-order valence-electron chi connectivity index (χ4n) is 8.99. The fraction of sp³-hybridized carbons (Fsp3) is 0.800. The van der Waals surface area contributed by atoms with E-state index in [9.17, 15) is 14.4 Å². The third kappa shape index (κ3) is 57.9. The van der Waals surface area contributed by atoms with Crippen LogP contribution >= 0.6 is 0 Å². The van der Waals surface area contributed by atoms with E-state index in [4.69, 9.17) is 14.2 Å². The van der Waals surface area contributed by atoms with E-state index >= 15 is 0 Å². The predicted molar refractivity (Wildman–Crippen MR) is 307 cm³/mol. The topological polar surface area (TPSA) is 78.9 Å². The number of unbranched alkanes of at least 4 members (excludes halogenated alkanes) is 36. The number of hydrogen-bond donors (Lipinski definition) is 0. The molecular weight excluding hydrogens is 877 g/mol. The molecule has 0 aromatic carbocycles. The summed E-state index contributed by atoms with van der Waals surface area (Å²) in [6, 6.07) is 0. The lowest BCUT2D eigenvalue weighted by Gasteiger charge is -2.18. The van der Waals surface area contributed by atoms with Crippen molar-refractivity contribution in [1.29, 1.82) is 0 Å². The molecule has 0 bridgehead atoms. The molecule has 0 radical (unpaired) electrons. The average molecular weight is 994 g/mol. The first kappa shape index (κ1) is 68.1. The number of carbonyl (C=O) groups is 3.